The van der Waals surface area contributed by atoms with E-state index in [9.17, 15) is 0 Å². The number of fused-ring (bicyclic) bond motifs is 4. The van der Waals surface area contributed by atoms with E-state index in [-0.39, 0.29) is 5.60 Å². The van der Waals surface area contributed by atoms with Crippen molar-refractivity contribution >= 4 is 0 Å². The Morgan fingerprint density at radius 2 is 1.52 bits per heavy atom. The molecule has 0 aromatic rings. The zero-order valence-corrected chi connectivity index (χ0v) is 21.9. The first-order chi connectivity index (χ1) is 14.4. The van der Waals surface area contributed by atoms with Crippen molar-refractivity contribution in [3.05, 3.63) is 11.6 Å². The van der Waals surface area contributed by atoms with Gasteiger partial charge in [0.1, 0.15) is 0 Å². The van der Waals surface area contributed by atoms with Crippen LogP contribution in [0.25, 0.3) is 0 Å². The van der Waals surface area contributed by atoms with Gasteiger partial charge >= 0.3 is 0 Å². The lowest BCUT2D eigenvalue weighted by atomic mass is 9.36. The molecule has 5 fully saturated rings. The van der Waals surface area contributed by atoms with Crippen LogP contribution in [0, 0.1) is 45.3 Å². The number of allylic oxidation sites excluding steroid dienone is 2. The highest BCUT2D eigenvalue weighted by molar-refractivity contribution is 5.25. The maximum absolute atomic E-state index is 7.12. The second-order valence-electron chi connectivity index (χ2n) is 14.3. The number of hydrogen-bond acceptors (Lipinski definition) is 1. The van der Waals surface area contributed by atoms with Gasteiger partial charge in [-0.1, -0.05) is 53.2 Å². The fraction of sp³-hybridized carbons (Fsp3) is 0.933. The largest absolute Gasteiger partial charge is 0.370 e. The van der Waals surface area contributed by atoms with Crippen LogP contribution >= 0.6 is 0 Å². The van der Waals surface area contributed by atoms with E-state index in [1.54, 1.807) is 0 Å². The van der Waals surface area contributed by atoms with E-state index in [0.717, 1.165) is 23.7 Å². The monoisotopic (exact) mass is 426 g/mol. The summed E-state index contributed by atoms with van der Waals surface area (Å²) in [5, 5.41) is 0. The Bertz CT molecular complexity index is 760. The normalized spacial score (nSPS) is 52.9. The molecule has 3 aliphatic carbocycles. The molecule has 1 spiro atoms. The van der Waals surface area contributed by atoms with Crippen LogP contribution in [0.1, 0.15) is 120 Å². The standard InChI is InChI=1S/C30H50O/c1-20(2)10-9-11-21(3)22-14-16-28(7)24-13-12-23-26(4,5)25-15-17-30(23,31-25)29(24,8)19-18-27(22,28)6/h10,21-25H,9,11-19H2,1-8H3/t21-,22-,23+,24+,25-,27-,28+,29+,30+/m1/s1. The summed E-state index contributed by atoms with van der Waals surface area (Å²) >= 11 is 0. The highest BCUT2D eigenvalue weighted by Gasteiger charge is 2.76. The molecule has 9 atom stereocenters. The van der Waals surface area contributed by atoms with Gasteiger partial charge in [0.15, 0.2) is 0 Å². The van der Waals surface area contributed by atoms with E-state index < -0.39 is 0 Å². The molecule has 0 unspecified atom stereocenters. The van der Waals surface area contributed by atoms with Gasteiger partial charge in [-0.2, -0.15) is 0 Å². The van der Waals surface area contributed by atoms with Gasteiger partial charge < -0.3 is 4.74 Å². The average Bonchev–Trinajstić information content (AvgIpc) is 3.30. The lowest BCUT2D eigenvalue weighted by Gasteiger charge is -2.68. The molecule has 3 saturated carbocycles. The molecule has 2 aliphatic heterocycles. The topological polar surface area (TPSA) is 9.23 Å². The molecule has 5 aliphatic rings. The Morgan fingerprint density at radius 1 is 0.839 bits per heavy atom. The minimum Gasteiger partial charge on any atom is -0.370 e. The molecular weight excluding hydrogens is 376 g/mol. The highest BCUT2D eigenvalue weighted by Crippen LogP contribution is 2.79. The summed E-state index contributed by atoms with van der Waals surface area (Å²) in [6.45, 7) is 20.3. The summed E-state index contributed by atoms with van der Waals surface area (Å²) in [5.74, 6) is 3.38. The smallest absolute Gasteiger partial charge is 0.0777 e. The van der Waals surface area contributed by atoms with Gasteiger partial charge in [0, 0.05) is 5.41 Å². The van der Waals surface area contributed by atoms with Crippen molar-refractivity contribution in [2.24, 2.45) is 45.3 Å². The van der Waals surface area contributed by atoms with Crippen LogP contribution < -0.4 is 0 Å². The Balaban J connectivity index is 1.44. The Kier molecular flexibility index (Phi) is 4.98. The minimum absolute atomic E-state index is 0.182. The summed E-state index contributed by atoms with van der Waals surface area (Å²) in [7, 11) is 0. The lowest BCUT2D eigenvalue weighted by molar-refractivity contribution is -0.230. The van der Waals surface area contributed by atoms with Crippen molar-refractivity contribution < 1.29 is 4.74 Å². The SMILES string of the molecule is CC(C)=CCC[C@@H](C)[C@H]1CC[C@@]2(C)[C@@H]3CC[C@H]4C(C)(C)[C@H]5CC[C@@]4(O5)[C@@]3(C)CC[C@]12C. The predicted molar refractivity (Wildman–Crippen MR) is 131 cm³/mol. The van der Waals surface area contributed by atoms with Gasteiger partial charge in [-0.05, 0) is 118 Å². The predicted octanol–water partition coefficient (Wildman–Crippen LogP) is 8.58. The summed E-state index contributed by atoms with van der Waals surface area (Å²) in [4.78, 5) is 0. The summed E-state index contributed by atoms with van der Waals surface area (Å²) in [6, 6.07) is 0. The molecule has 0 N–H and O–H groups in total. The highest BCUT2D eigenvalue weighted by atomic mass is 16.5. The van der Waals surface area contributed by atoms with E-state index in [0.29, 0.717) is 27.8 Å². The third kappa shape index (κ3) is 2.65. The molecule has 1 nitrogen and oxygen atoms in total. The van der Waals surface area contributed by atoms with Gasteiger partial charge in [0.2, 0.25) is 0 Å². The molecular formula is C30H50O. The van der Waals surface area contributed by atoms with Crippen LogP contribution in [-0.2, 0) is 4.74 Å². The fourth-order valence-corrected chi connectivity index (χ4v) is 10.9. The second-order valence-corrected chi connectivity index (χ2v) is 14.3. The molecule has 176 valence electrons. The number of rotatable bonds is 4. The first kappa shape index (κ1) is 22.5. The molecule has 5 rings (SSSR count). The maximum atomic E-state index is 7.12. The second kappa shape index (κ2) is 6.86. The fourth-order valence-electron chi connectivity index (χ4n) is 10.9. The van der Waals surface area contributed by atoms with Crippen molar-refractivity contribution in [2.45, 2.75) is 131 Å². The zero-order valence-electron chi connectivity index (χ0n) is 21.9. The maximum Gasteiger partial charge on any atom is 0.0777 e. The Morgan fingerprint density at radius 3 is 2.23 bits per heavy atom. The Hall–Kier alpha value is -0.300. The first-order valence-corrected chi connectivity index (χ1v) is 13.7. The molecule has 2 saturated heterocycles. The zero-order chi connectivity index (χ0) is 22.4. The van der Waals surface area contributed by atoms with E-state index in [4.69, 9.17) is 4.74 Å². The molecule has 2 bridgehead atoms. The number of hydrogen-bond donors (Lipinski definition) is 0. The van der Waals surface area contributed by atoms with Crippen molar-refractivity contribution in [1.29, 1.82) is 0 Å². The van der Waals surface area contributed by atoms with Crippen LogP contribution in [0.2, 0.25) is 0 Å². The molecule has 0 aromatic heterocycles. The quantitative estimate of drug-likeness (QED) is 0.409. The van der Waals surface area contributed by atoms with Crippen molar-refractivity contribution in [3.63, 3.8) is 0 Å². The molecule has 31 heavy (non-hydrogen) atoms. The molecule has 0 radical (unpaired) electrons. The first-order valence-electron chi connectivity index (χ1n) is 13.7. The van der Waals surface area contributed by atoms with Gasteiger partial charge in [0.25, 0.3) is 0 Å². The molecule has 2 heterocycles. The molecule has 1 heteroatoms. The summed E-state index contributed by atoms with van der Waals surface area (Å²) in [5.41, 5.74) is 3.43. The van der Waals surface area contributed by atoms with Crippen molar-refractivity contribution in [2.75, 3.05) is 0 Å². The molecule has 0 amide bonds. The van der Waals surface area contributed by atoms with E-state index in [2.05, 4.69) is 61.5 Å². The van der Waals surface area contributed by atoms with E-state index in [1.807, 2.05) is 0 Å². The van der Waals surface area contributed by atoms with Crippen LogP contribution in [-0.4, -0.2) is 11.7 Å². The van der Waals surface area contributed by atoms with Crippen LogP contribution in [0.4, 0.5) is 0 Å². The Labute approximate surface area is 193 Å². The van der Waals surface area contributed by atoms with E-state index in [1.165, 1.54) is 69.8 Å². The average molecular weight is 427 g/mol. The third-order valence-corrected chi connectivity index (χ3v) is 12.8. The third-order valence-electron chi connectivity index (χ3n) is 12.8. The minimum atomic E-state index is 0.182. The number of ether oxygens (including phenoxy) is 1. The van der Waals surface area contributed by atoms with Crippen LogP contribution in [0.3, 0.4) is 0 Å². The molecule has 0 aromatic carbocycles. The lowest BCUT2D eigenvalue weighted by Crippen LogP contribution is -2.66. The summed E-state index contributed by atoms with van der Waals surface area (Å²) < 4.78 is 7.12. The van der Waals surface area contributed by atoms with Gasteiger partial charge in [-0.15, -0.1) is 0 Å². The van der Waals surface area contributed by atoms with Gasteiger partial charge in [0.05, 0.1) is 11.7 Å². The van der Waals surface area contributed by atoms with Crippen LogP contribution in [0.15, 0.2) is 11.6 Å². The summed E-state index contributed by atoms with van der Waals surface area (Å²) in [6.07, 6.45) is 16.9. The van der Waals surface area contributed by atoms with Crippen LogP contribution in [0.5, 0.6) is 0 Å². The van der Waals surface area contributed by atoms with Crippen molar-refractivity contribution in [3.8, 4) is 0 Å². The van der Waals surface area contributed by atoms with Crippen molar-refractivity contribution in [1.82, 2.24) is 0 Å². The van der Waals surface area contributed by atoms with E-state index >= 15 is 0 Å². The van der Waals surface area contributed by atoms with Gasteiger partial charge in [-0.25, -0.2) is 0 Å². The van der Waals surface area contributed by atoms with Gasteiger partial charge in [-0.3, -0.25) is 0 Å².